The highest BCUT2D eigenvalue weighted by molar-refractivity contribution is 5.76. The van der Waals surface area contributed by atoms with Crippen molar-refractivity contribution in [2.45, 2.75) is 285 Å². The van der Waals surface area contributed by atoms with Crippen molar-refractivity contribution in [3.05, 3.63) is 24.3 Å². The zero-order valence-corrected chi connectivity index (χ0v) is 44.1. The average Bonchev–Trinajstić information content (AvgIpc) is 3.39. The minimum Gasteiger partial charge on any atom is -0.394 e. The third kappa shape index (κ3) is 23.8. The van der Waals surface area contributed by atoms with Gasteiger partial charge in [-0.25, -0.2) is 0 Å². The Bertz CT molecular complexity index is 1440. The molecule has 12 N–H and O–H groups in total. The number of carbonyl (C=O) groups is 1. The third-order valence-corrected chi connectivity index (χ3v) is 14.3. The molecule has 3 aliphatic rings. The van der Waals surface area contributed by atoms with Crippen LogP contribution in [0.3, 0.4) is 0 Å². The molecule has 1 amide bonds. The summed E-state index contributed by atoms with van der Waals surface area (Å²) in [5, 5.41) is 120. The van der Waals surface area contributed by atoms with Gasteiger partial charge in [0.05, 0.1) is 38.6 Å². The van der Waals surface area contributed by atoms with E-state index >= 15 is 0 Å². The van der Waals surface area contributed by atoms with Gasteiger partial charge in [-0.15, -0.1) is 0 Å². The number of aliphatic hydroxyl groups is 11. The van der Waals surface area contributed by atoms with Crippen LogP contribution in [0.2, 0.25) is 0 Å². The Kier molecular flexibility index (Phi) is 34.8. The van der Waals surface area contributed by atoms with E-state index in [0.717, 1.165) is 57.8 Å². The Morgan fingerprint density at radius 3 is 1.42 bits per heavy atom. The van der Waals surface area contributed by atoms with Crippen LogP contribution >= 0.6 is 0 Å². The lowest BCUT2D eigenvalue weighted by atomic mass is 9.96. The van der Waals surface area contributed by atoms with Crippen LogP contribution in [0, 0.1) is 0 Å². The molecule has 0 spiro atoms. The molecule has 3 rings (SSSR count). The van der Waals surface area contributed by atoms with E-state index in [1.54, 1.807) is 0 Å². The number of rotatable bonds is 40. The molecule has 17 unspecified atom stereocenters. The van der Waals surface area contributed by atoms with E-state index in [-0.39, 0.29) is 18.9 Å². The zero-order valence-electron chi connectivity index (χ0n) is 44.1. The topological polar surface area (TPSA) is 307 Å². The summed E-state index contributed by atoms with van der Waals surface area (Å²) < 4.78 is 34.2. The smallest absolute Gasteiger partial charge is 0.220 e. The number of nitrogens with one attached hydrogen (secondary N) is 1. The molecule has 0 aromatic heterocycles. The van der Waals surface area contributed by atoms with Crippen molar-refractivity contribution in [1.82, 2.24) is 5.32 Å². The van der Waals surface area contributed by atoms with Gasteiger partial charge in [0, 0.05) is 6.42 Å². The highest BCUT2D eigenvalue weighted by atomic mass is 16.8. The highest BCUT2D eigenvalue weighted by Gasteiger charge is 2.53. The van der Waals surface area contributed by atoms with E-state index in [4.69, 9.17) is 28.4 Å². The van der Waals surface area contributed by atoms with Crippen molar-refractivity contribution in [1.29, 1.82) is 0 Å². The second-order valence-electron chi connectivity index (χ2n) is 20.4. The first-order valence-electron chi connectivity index (χ1n) is 28.1. The van der Waals surface area contributed by atoms with Crippen LogP contribution in [0.4, 0.5) is 0 Å². The average molecular weight is 1050 g/mol. The molecule has 0 aromatic carbocycles. The SMILES string of the molecule is CCCCC/C=C\C/C=C\CCCCCCCCCCCC(=O)NC(COC1OC(CO)C(OC2OC(CO)C(OC3OC(CO)C(O)C(O)C3O)C(O)C2O)C(O)C1O)C(O)CCCCCCCCCCC. The van der Waals surface area contributed by atoms with E-state index in [9.17, 15) is 61.0 Å². The lowest BCUT2D eigenvalue weighted by molar-refractivity contribution is -0.379. The molecule has 0 radical (unpaired) electrons. The maximum absolute atomic E-state index is 13.3. The minimum absolute atomic E-state index is 0.251. The van der Waals surface area contributed by atoms with Gasteiger partial charge in [0.15, 0.2) is 18.9 Å². The summed E-state index contributed by atoms with van der Waals surface area (Å²) >= 11 is 0. The van der Waals surface area contributed by atoms with Crippen molar-refractivity contribution in [2.75, 3.05) is 26.4 Å². The first-order valence-corrected chi connectivity index (χ1v) is 28.1. The van der Waals surface area contributed by atoms with Crippen LogP contribution in [-0.2, 0) is 33.2 Å². The van der Waals surface area contributed by atoms with Gasteiger partial charge in [0.2, 0.25) is 5.91 Å². The van der Waals surface area contributed by atoms with E-state index in [2.05, 4.69) is 43.5 Å². The second kappa shape index (κ2) is 38.8. The van der Waals surface area contributed by atoms with E-state index in [1.165, 1.54) is 89.9 Å². The molecule has 3 heterocycles. The monoisotopic (exact) mass is 1050 g/mol. The van der Waals surface area contributed by atoms with Crippen LogP contribution in [0.1, 0.15) is 181 Å². The quantitative estimate of drug-likeness (QED) is 0.0308. The Hall–Kier alpha value is -1.73. The molecule has 73 heavy (non-hydrogen) atoms. The van der Waals surface area contributed by atoms with Gasteiger partial charge in [-0.3, -0.25) is 4.79 Å². The van der Waals surface area contributed by atoms with Gasteiger partial charge in [0.1, 0.15) is 73.2 Å². The van der Waals surface area contributed by atoms with Gasteiger partial charge in [-0.1, -0.05) is 154 Å². The molecular formula is C54H99NO18. The summed E-state index contributed by atoms with van der Waals surface area (Å²) in [7, 11) is 0. The number of hydrogen-bond acceptors (Lipinski definition) is 18. The predicted octanol–water partition coefficient (Wildman–Crippen LogP) is 3.59. The van der Waals surface area contributed by atoms with Crippen molar-refractivity contribution < 1.29 is 89.4 Å². The molecule has 17 atom stereocenters. The fraction of sp³-hybridized carbons (Fsp3) is 0.907. The van der Waals surface area contributed by atoms with E-state index in [1.807, 2.05) is 0 Å². The fourth-order valence-corrected chi connectivity index (χ4v) is 9.58. The maximum atomic E-state index is 13.3. The second-order valence-corrected chi connectivity index (χ2v) is 20.4. The number of ether oxygens (including phenoxy) is 6. The summed E-state index contributed by atoms with van der Waals surface area (Å²) in [5.41, 5.74) is 0. The predicted molar refractivity (Wildman–Crippen MR) is 273 cm³/mol. The molecular weight excluding hydrogens is 951 g/mol. The number of unbranched alkanes of at least 4 members (excludes halogenated alkanes) is 20. The Labute approximate surface area is 435 Å². The molecule has 19 nitrogen and oxygen atoms in total. The number of hydrogen-bond donors (Lipinski definition) is 12. The zero-order chi connectivity index (χ0) is 53.4. The Morgan fingerprint density at radius 1 is 0.493 bits per heavy atom. The third-order valence-electron chi connectivity index (χ3n) is 14.3. The van der Waals surface area contributed by atoms with E-state index in [0.29, 0.717) is 12.8 Å². The molecule has 428 valence electrons. The van der Waals surface area contributed by atoms with Crippen molar-refractivity contribution >= 4 is 5.91 Å². The van der Waals surface area contributed by atoms with Crippen LogP contribution in [0.25, 0.3) is 0 Å². The molecule has 0 aliphatic carbocycles. The van der Waals surface area contributed by atoms with Crippen molar-refractivity contribution in [2.24, 2.45) is 0 Å². The van der Waals surface area contributed by atoms with E-state index < -0.39 is 124 Å². The van der Waals surface area contributed by atoms with Gasteiger partial charge >= 0.3 is 0 Å². The van der Waals surface area contributed by atoms with Crippen LogP contribution in [-0.4, -0.2) is 193 Å². The number of aliphatic hydroxyl groups excluding tert-OH is 11. The molecule has 0 saturated carbocycles. The summed E-state index contributed by atoms with van der Waals surface area (Å²) in [4.78, 5) is 13.3. The number of allylic oxidation sites excluding steroid dienone is 4. The van der Waals surface area contributed by atoms with Crippen LogP contribution < -0.4 is 5.32 Å². The molecule has 0 bridgehead atoms. The van der Waals surface area contributed by atoms with Gasteiger partial charge < -0.3 is 89.9 Å². The van der Waals surface area contributed by atoms with Crippen molar-refractivity contribution in [3.63, 3.8) is 0 Å². The van der Waals surface area contributed by atoms with Gasteiger partial charge in [0.25, 0.3) is 0 Å². The first-order chi connectivity index (χ1) is 35.3. The van der Waals surface area contributed by atoms with Crippen LogP contribution in [0.15, 0.2) is 24.3 Å². The lowest BCUT2D eigenvalue weighted by Gasteiger charge is -2.48. The largest absolute Gasteiger partial charge is 0.394 e. The standard InChI is InChI=1S/C54H99NO18/c1-3-5-7-9-11-13-14-15-16-17-18-19-20-21-22-24-26-28-30-32-42(60)55-37(38(59)31-29-27-25-23-12-10-8-6-4-2)36-68-52-48(66)45(63)50(40(34-57)70-52)73-54-49(67)46(64)51(41(35-58)71-54)72-53-47(65)44(62)43(61)39(33-56)69-53/h11,13,15-16,37-41,43-54,56-59,61-67H,3-10,12,14,17-36H2,1-2H3,(H,55,60)/b13-11-,16-15-. The maximum Gasteiger partial charge on any atom is 0.220 e. The molecule has 3 saturated heterocycles. The molecule has 3 aliphatic heterocycles. The first kappa shape index (κ1) is 65.6. The lowest BCUT2D eigenvalue weighted by Crippen LogP contribution is -2.66. The number of amides is 1. The van der Waals surface area contributed by atoms with Crippen molar-refractivity contribution in [3.8, 4) is 0 Å². The minimum atomic E-state index is -1.97. The van der Waals surface area contributed by atoms with Crippen LogP contribution in [0.5, 0.6) is 0 Å². The summed E-state index contributed by atoms with van der Waals surface area (Å²) in [5.74, 6) is -0.251. The normalized spacial score (nSPS) is 31.9. The Balaban J connectivity index is 1.49. The Morgan fingerprint density at radius 2 is 0.904 bits per heavy atom. The van der Waals surface area contributed by atoms with Gasteiger partial charge in [-0.2, -0.15) is 0 Å². The van der Waals surface area contributed by atoms with Gasteiger partial charge in [-0.05, 0) is 44.9 Å². The summed E-state index contributed by atoms with van der Waals surface area (Å²) in [6.07, 6.45) is 10.0. The molecule has 3 fully saturated rings. The highest BCUT2D eigenvalue weighted by Crippen LogP contribution is 2.33. The molecule has 0 aromatic rings. The fourth-order valence-electron chi connectivity index (χ4n) is 9.58. The molecule has 19 heteroatoms. The number of carbonyl (C=O) groups excluding carboxylic acids is 1. The summed E-state index contributed by atoms with van der Waals surface area (Å²) in [6.45, 7) is 1.71. The summed E-state index contributed by atoms with van der Waals surface area (Å²) in [6, 6.07) is -0.885.